The lowest BCUT2D eigenvalue weighted by Crippen LogP contribution is -2.24. The van der Waals surface area contributed by atoms with Crippen LogP contribution < -0.4 is 10.0 Å². The monoisotopic (exact) mass is 356 g/mol. The molecule has 0 saturated carbocycles. The fourth-order valence-electron chi connectivity index (χ4n) is 2.28. The SMILES string of the molecule is C=CCNS(=O)(=O)c1cccc(C(=O)Nc2ccc3[nH]ncc3c2)c1. The first-order chi connectivity index (χ1) is 12.0. The summed E-state index contributed by atoms with van der Waals surface area (Å²) in [6.45, 7) is 3.58. The lowest BCUT2D eigenvalue weighted by molar-refractivity contribution is 0.102. The van der Waals surface area contributed by atoms with Gasteiger partial charge in [-0.25, -0.2) is 13.1 Å². The van der Waals surface area contributed by atoms with Gasteiger partial charge in [-0.15, -0.1) is 6.58 Å². The molecule has 7 nitrogen and oxygen atoms in total. The van der Waals surface area contributed by atoms with Crippen LogP contribution in [0.4, 0.5) is 5.69 Å². The molecule has 3 N–H and O–H groups in total. The van der Waals surface area contributed by atoms with Gasteiger partial charge in [0, 0.05) is 23.2 Å². The molecule has 0 unspecified atom stereocenters. The molecule has 0 saturated heterocycles. The molecule has 2 aromatic carbocycles. The Morgan fingerprint density at radius 3 is 2.88 bits per heavy atom. The zero-order valence-corrected chi connectivity index (χ0v) is 14.0. The standard InChI is InChI=1S/C17H16N4O3S/c1-2-8-19-25(23,24)15-5-3-4-12(10-15)17(22)20-14-6-7-16-13(9-14)11-18-21-16/h2-7,9-11,19H,1,8H2,(H,18,21)(H,20,22). The summed E-state index contributed by atoms with van der Waals surface area (Å²) in [4.78, 5) is 12.4. The van der Waals surface area contributed by atoms with Gasteiger partial charge in [-0.3, -0.25) is 9.89 Å². The summed E-state index contributed by atoms with van der Waals surface area (Å²) in [5.41, 5.74) is 1.70. The molecule has 0 aliphatic heterocycles. The normalized spacial score (nSPS) is 11.4. The number of fused-ring (bicyclic) bond motifs is 1. The molecule has 0 fully saturated rings. The topological polar surface area (TPSA) is 104 Å². The van der Waals surface area contributed by atoms with Gasteiger partial charge in [-0.2, -0.15) is 5.10 Å². The van der Waals surface area contributed by atoms with E-state index in [0.717, 1.165) is 10.9 Å². The minimum atomic E-state index is -3.69. The van der Waals surface area contributed by atoms with E-state index in [9.17, 15) is 13.2 Å². The maximum Gasteiger partial charge on any atom is 0.255 e. The number of nitrogens with one attached hydrogen (secondary N) is 3. The largest absolute Gasteiger partial charge is 0.322 e. The molecule has 1 amide bonds. The predicted molar refractivity (Wildman–Crippen MR) is 95.9 cm³/mol. The molecule has 3 aromatic rings. The molecule has 0 bridgehead atoms. The highest BCUT2D eigenvalue weighted by Gasteiger charge is 2.15. The van der Waals surface area contributed by atoms with Gasteiger partial charge in [0.15, 0.2) is 0 Å². The Hall–Kier alpha value is -2.97. The van der Waals surface area contributed by atoms with E-state index in [-0.39, 0.29) is 17.0 Å². The van der Waals surface area contributed by atoms with E-state index < -0.39 is 15.9 Å². The predicted octanol–water partition coefficient (Wildman–Crippen LogP) is 2.28. The first-order valence-corrected chi connectivity index (χ1v) is 8.93. The van der Waals surface area contributed by atoms with E-state index in [4.69, 9.17) is 0 Å². The van der Waals surface area contributed by atoms with Gasteiger partial charge >= 0.3 is 0 Å². The van der Waals surface area contributed by atoms with Crippen LogP contribution in [0.3, 0.4) is 0 Å². The Morgan fingerprint density at radius 2 is 2.08 bits per heavy atom. The van der Waals surface area contributed by atoms with Gasteiger partial charge in [0.1, 0.15) is 0 Å². The Balaban J connectivity index is 1.82. The highest BCUT2D eigenvalue weighted by Crippen LogP contribution is 2.18. The summed E-state index contributed by atoms with van der Waals surface area (Å²) in [6, 6.07) is 11.2. The number of amides is 1. The van der Waals surface area contributed by atoms with Crippen molar-refractivity contribution in [3.05, 3.63) is 66.9 Å². The molecular weight excluding hydrogens is 340 g/mol. The smallest absolute Gasteiger partial charge is 0.255 e. The number of carbonyl (C=O) groups excluding carboxylic acids is 1. The summed E-state index contributed by atoms with van der Waals surface area (Å²) >= 11 is 0. The van der Waals surface area contributed by atoms with E-state index in [1.54, 1.807) is 30.5 Å². The molecule has 128 valence electrons. The van der Waals surface area contributed by atoms with Gasteiger partial charge < -0.3 is 5.32 Å². The van der Waals surface area contributed by atoms with E-state index in [1.807, 2.05) is 0 Å². The Morgan fingerprint density at radius 1 is 1.24 bits per heavy atom. The van der Waals surface area contributed by atoms with Crippen molar-refractivity contribution in [2.75, 3.05) is 11.9 Å². The van der Waals surface area contributed by atoms with Crippen molar-refractivity contribution in [1.82, 2.24) is 14.9 Å². The van der Waals surface area contributed by atoms with Crippen LogP contribution in [0.1, 0.15) is 10.4 Å². The number of aromatic amines is 1. The average molecular weight is 356 g/mol. The number of rotatable bonds is 6. The molecule has 3 rings (SSSR count). The molecule has 8 heteroatoms. The number of nitrogens with zero attached hydrogens (tertiary/aromatic N) is 1. The second kappa shape index (κ2) is 6.88. The van der Waals surface area contributed by atoms with Gasteiger partial charge in [0.25, 0.3) is 5.91 Å². The molecule has 0 aliphatic carbocycles. The molecule has 25 heavy (non-hydrogen) atoms. The minimum Gasteiger partial charge on any atom is -0.322 e. The van der Waals surface area contributed by atoms with Crippen LogP contribution in [-0.2, 0) is 10.0 Å². The third kappa shape index (κ3) is 3.76. The van der Waals surface area contributed by atoms with Crippen LogP contribution in [0.2, 0.25) is 0 Å². The Labute approximate surface area is 144 Å². The van der Waals surface area contributed by atoms with Crippen molar-refractivity contribution in [2.45, 2.75) is 4.90 Å². The third-order valence-corrected chi connectivity index (χ3v) is 4.94. The van der Waals surface area contributed by atoms with Crippen LogP contribution in [0, 0.1) is 0 Å². The molecular formula is C17H16N4O3S. The van der Waals surface area contributed by atoms with Gasteiger partial charge in [0.05, 0.1) is 16.6 Å². The highest BCUT2D eigenvalue weighted by atomic mass is 32.2. The van der Waals surface area contributed by atoms with Crippen molar-refractivity contribution in [3.63, 3.8) is 0 Å². The zero-order chi connectivity index (χ0) is 17.9. The number of aromatic nitrogens is 2. The molecule has 0 atom stereocenters. The molecule has 0 spiro atoms. The van der Waals surface area contributed by atoms with E-state index in [1.165, 1.54) is 24.3 Å². The van der Waals surface area contributed by atoms with Gasteiger partial charge in [0.2, 0.25) is 10.0 Å². The van der Waals surface area contributed by atoms with Crippen molar-refractivity contribution < 1.29 is 13.2 Å². The average Bonchev–Trinajstić information content (AvgIpc) is 3.08. The van der Waals surface area contributed by atoms with E-state index >= 15 is 0 Å². The number of sulfonamides is 1. The third-order valence-electron chi connectivity index (χ3n) is 3.52. The van der Waals surface area contributed by atoms with Gasteiger partial charge in [-0.05, 0) is 36.4 Å². The number of carbonyl (C=O) groups is 1. The lowest BCUT2D eigenvalue weighted by Gasteiger charge is -2.08. The lowest BCUT2D eigenvalue weighted by atomic mass is 10.2. The maximum absolute atomic E-state index is 12.4. The number of hydrogen-bond donors (Lipinski definition) is 3. The first-order valence-electron chi connectivity index (χ1n) is 7.45. The second-order valence-corrected chi connectivity index (χ2v) is 7.06. The highest BCUT2D eigenvalue weighted by molar-refractivity contribution is 7.89. The Bertz CT molecular complexity index is 1040. The summed E-state index contributed by atoms with van der Waals surface area (Å²) < 4.78 is 26.7. The number of anilines is 1. The summed E-state index contributed by atoms with van der Waals surface area (Å²) in [6.07, 6.45) is 3.10. The van der Waals surface area contributed by atoms with E-state index in [2.05, 4.69) is 26.8 Å². The second-order valence-electron chi connectivity index (χ2n) is 5.29. The quantitative estimate of drug-likeness (QED) is 0.589. The minimum absolute atomic E-state index is 0.0206. The molecule has 0 radical (unpaired) electrons. The number of hydrogen-bond acceptors (Lipinski definition) is 4. The molecule has 1 heterocycles. The van der Waals surface area contributed by atoms with Crippen molar-refractivity contribution >= 4 is 32.5 Å². The van der Waals surface area contributed by atoms with Crippen LogP contribution in [0.5, 0.6) is 0 Å². The van der Waals surface area contributed by atoms with Crippen molar-refractivity contribution in [1.29, 1.82) is 0 Å². The fraction of sp³-hybridized carbons (Fsp3) is 0.0588. The number of benzene rings is 2. The Kier molecular flexibility index (Phi) is 4.64. The van der Waals surface area contributed by atoms with Crippen LogP contribution in [0.15, 0.2) is 66.2 Å². The fourth-order valence-corrected chi connectivity index (χ4v) is 3.32. The van der Waals surface area contributed by atoms with Crippen LogP contribution in [0.25, 0.3) is 10.9 Å². The zero-order valence-electron chi connectivity index (χ0n) is 13.2. The molecule has 1 aromatic heterocycles. The van der Waals surface area contributed by atoms with Crippen molar-refractivity contribution in [2.24, 2.45) is 0 Å². The summed E-state index contributed by atoms with van der Waals surface area (Å²) in [5, 5.41) is 10.4. The summed E-state index contributed by atoms with van der Waals surface area (Å²) in [7, 11) is -3.69. The van der Waals surface area contributed by atoms with E-state index in [0.29, 0.717) is 5.69 Å². The summed E-state index contributed by atoms with van der Waals surface area (Å²) in [5.74, 6) is -0.399. The van der Waals surface area contributed by atoms with Crippen LogP contribution >= 0.6 is 0 Å². The van der Waals surface area contributed by atoms with Crippen LogP contribution in [-0.4, -0.2) is 31.1 Å². The van der Waals surface area contributed by atoms with Crippen molar-refractivity contribution in [3.8, 4) is 0 Å². The maximum atomic E-state index is 12.4. The molecule has 0 aliphatic rings. The number of H-pyrrole nitrogens is 1. The van der Waals surface area contributed by atoms with Gasteiger partial charge in [-0.1, -0.05) is 12.1 Å². The first kappa shape index (κ1) is 16.9.